The topological polar surface area (TPSA) is 118 Å². The molecular formula is C30H30F3N3O6. The molecule has 0 unspecified atom stereocenters. The maximum absolute atomic E-state index is 12.8. The zero-order valence-electron chi connectivity index (χ0n) is 22.6. The van der Waals surface area contributed by atoms with Gasteiger partial charge in [-0.25, -0.2) is 4.79 Å². The standard InChI is InChI=1S/C30H30F3N3O6/c1-40-24-5-3-2-4-17(24)15-34-27(38)14-21-13-23-22-12-20(10-11-25(22)42-28(23)26(16-37)41-21)36-29(39)35-19-8-6-18(7-9-19)30(31,32)33/h2-12,21,23,26,28,37H,13-16H2,1H3,(H,34,38)(H2,35,36,39)/t21-,23+,26+,28-/m1/s1. The maximum Gasteiger partial charge on any atom is 0.416 e. The summed E-state index contributed by atoms with van der Waals surface area (Å²) in [6, 6.07) is 16.0. The van der Waals surface area contributed by atoms with Crippen LogP contribution in [0.3, 0.4) is 0 Å². The third-order valence-electron chi connectivity index (χ3n) is 7.31. The Labute approximate surface area is 240 Å². The number of benzene rings is 3. The second-order valence-corrected chi connectivity index (χ2v) is 10.1. The number of rotatable bonds is 8. The lowest BCUT2D eigenvalue weighted by Crippen LogP contribution is -2.47. The van der Waals surface area contributed by atoms with E-state index < -0.39 is 36.1 Å². The third-order valence-corrected chi connectivity index (χ3v) is 7.31. The number of fused-ring (bicyclic) bond motifs is 3. The summed E-state index contributed by atoms with van der Waals surface area (Å²) in [5.41, 5.74) is 1.47. The van der Waals surface area contributed by atoms with E-state index >= 15 is 0 Å². The van der Waals surface area contributed by atoms with Crippen LogP contribution in [0.2, 0.25) is 0 Å². The first-order chi connectivity index (χ1) is 20.1. The molecule has 12 heteroatoms. The molecule has 1 fully saturated rings. The van der Waals surface area contributed by atoms with Crippen LogP contribution in [-0.4, -0.2) is 49.1 Å². The third kappa shape index (κ3) is 6.60. The number of halogens is 3. The van der Waals surface area contributed by atoms with Crippen LogP contribution >= 0.6 is 0 Å². The number of carbonyl (C=O) groups is 2. The van der Waals surface area contributed by atoms with E-state index in [1.54, 1.807) is 25.3 Å². The number of para-hydroxylation sites is 1. The number of anilines is 2. The highest BCUT2D eigenvalue weighted by Crippen LogP contribution is 2.47. The Morgan fingerprint density at radius 2 is 1.74 bits per heavy atom. The minimum Gasteiger partial charge on any atom is -0.496 e. The lowest BCUT2D eigenvalue weighted by Gasteiger charge is -2.37. The Bertz CT molecular complexity index is 1430. The molecule has 4 atom stereocenters. The van der Waals surface area contributed by atoms with Crippen LogP contribution in [0, 0.1) is 0 Å². The SMILES string of the molecule is COc1ccccc1CNC(=O)C[C@H]1C[C@H]2c3cc(NC(=O)Nc4ccc(C(F)(F)F)cc4)ccc3O[C@H]2[C@H](CO)O1. The van der Waals surface area contributed by atoms with Crippen molar-refractivity contribution in [2.75, 3.05) is 24.4 Å². The fraction of sp³-hybridized carbons (Fsp3) is 0.333. The first kappa shape index (κ1) is 29.2. The van der Waals surface area contributed by atoms with E-state index in [0.29, 0.717) is 30.2 Å². The molecule has 0 bridgehead atoms. The predicted molar refractivity (Wildman–Crippen MR) is 148 cm³/mol. The van der Waals surface area contributed by atoms with Crippen LogP contribution in [0.25, 0.3) is 0 Å². The number of alkyl halides is 3. The number of hydrogen-bond donors (Lipinski definition) is 4. The average Bonchev–Trinajstić information content (AvgIpc) is 3.33. The van der Waals surface area contributed by atoms with Gasteiger partial charge in [-0.3, -0.25) is 4.79 Å². The smallest absolute Gasteiger partial charge is 0.416 e. The minimum atomic E-state index is -4.47. The van der Waals surface area contributed by atoms with Gasteiger partial charge in [-0.05, 0) is 55.0 Å². The molecule has 3 amide bonds. The first-order valence-corrected chi connectivity index (χ1v) is 13.4. The van der Waals surface area contributed by atoms with Gasteiger partial charge in [-0.2, -0.15) is 13.2 Å². The number of amides is 3. The molecule has 1 saturated heterocycles. The minimum absolute atomic E-state index is 0.0810. The Hall–Kier alpha value is -4.29. The Morgan fingerprint density at radius 3 is 2.45 bits per heavy atom. The number of nitrogens with one attached hydrogen (secondary N) is 3. The van der Waals surface area contributed by atoms with Crippen molar-refractivity contribution in [2.24, 2.45) is 0 Å². The van der Waals surface area contributed by atoms with Crippen molar-refractivity contribution in [3.8, 4) is 11.5 Å². The number of urea groups is 1. The molecule has 0 saturated carbocycles. The Morgan fingerprint density at radius 1 is 1.02 bits per heavy atom. The van der Waals surface area contributed by atoms with Gasteiger partial charge >= 0.3 is 12.2 Å². The molecule has 2 heterocycles. The molecule has 5 rings (SSSR count). The number of ether oxygens (including phenoxy) is 3. The molecule has 0 aliphatic carbocycles. The molecule has 2 aliphatic rings. The van der Waals surface area contributed by atoms with Gasteiger partial charge in [0.2, 0.25) is 5.91 Å². The second kappa shape index (κ2) is 12.3. The van der Waals surface area contributed by atoms with Crippen LogP contribution in [0.5, 0.6) is 11.5 Å². The average molecular weight is 586 g/mol. The fourth-order valence-corrected chi connectivity index (χ4v) is 5.32. The highest BCUT2D eigenvalue weighted by atomic mass is 19.4. The van der Waals surface area contributed by atoms with Crippen LogP contribution in [0.4, 0.5) is 29.3 Å². The van der Waals surface area contributed by atoms with E-state index in [-0.39, 0.29) is 30.5 Å². The molecular weight excluding hydrogens is 555 g/mol. The summed E-state index contributed by atoms with van der Waals surface area (Å²) in [6.45, 7) is -0.00428. The van der Waals surface area contributed by atoms with Crippen LogP contribution < -0.4 is 25.4 Å². The van der Waals surface area contributed by atoms with Gasteiger partial charge in [-0.1, -0.05) is 18.2 Å². The number of hydrogen-bond acceptors (Lipinski definition) is 6. The van der Waals surface area contributed by atoms with Crippen molar-refractivity contribution >= 4 is 23.3 Å². The van der Waals surface area contributed by atoms with Crippen LogP contribution in [0.1, 0.15) is 35.4 Å². The summed E-state index contributed by atoms with van der Waals surface area (Å²) in [4.78, 5) is 25.3. The second-order valence-electron chi connectivity index (χ2n) is 10.1. The number of methoxy groups -OCH3 is 1. The highest BCUT2D eigenvalue weighted by molar-refractivity contribution is 5.99. The lowest BCUT2D eigenvalue weighted by atomic mass is 9.84. The van der Waals surface area contributed by atoms with Crippen molar-refractivity contribution < 1.29 is 42.1 Å². The van der Waals surface area contributed by atoms with Crippen LogP contribution in [-0.2, 0) is 22.3 Å². The summed E-state index contributed by atoms with van der Waals surface area (Å²) in [5.74, 6) is 0.849. The fourth-order valence-electron chi connectivity index (χ4n) is 5.32. The summed E-state index contributed by atoms with van der Waals surface area (Å²) in [5, 5.41) is 18.1. The van der Waals surface area contributed by atoms with Gasteiger partial charge in [0.1, 0.15) is 23.7 Å². The quantitative estimate of drug-likeness (QED) is 0.294. The van der Waals surface area contributed by atoms with Gasteiger partial charge in [-0.15, -0.1) is 0 Å². The Kier molecular flexibility index (Phi) is 8.55. The number of aliphatic hydroxyl groups is 1. The summed E-state index contributed by atoms with van der Waals surface area (Å²) >= 11 is 0. The van der Waals surface area contributed by atoms with E-state index in [2.05, 4.69) is 16.0 Å². The van der Waals surface area contributed by atoms with E-state index in [0.717, 1.165) is 23.3 Å². The van der Waals surface area contributed by atoms with Gasteiger partial charge in [0.05, 0.1) is 31.8 Å². The molecule has 42 heavy (non-hydrogen) atoms. The summed E-state index contributed by atoms with van der Waals surface area (Å²) in [7, 11) is 1.57. The van der Waals surface area contributed by atoms with Gasteiger partial charge < -0.3 is 35.3 Å². The van der Waals surface area contributed by atoms with Crippen LogP contribution in [0.15, 0.2) is 66.7 Å². The number of carbonyl (C=O) groups excluding carboxylic acids is 2. The molecule has 0 radical (unpaired) electrons. The normalized spacial score (nSPS) is 21.0. The van der Waals surface area contributed by atoms with Gasteiger partial charge in [0, 0.05) is 35.0 Å². The lowest BCUT2D eigenvalue weighted by molar-refractivity contribution is -0.142. The first-order valence-electron chi connectivity index (χ1n) is 13.4. The Balaban J connectivity index is 1.22. The monoisotopic (exact) mass is 585 g/mol. The van der Waals surface area contributed by atoms with Gasteiger partial charge in [0.15, 0.2) is 0 Å². The van der Waals surface area contributed by atoms with E-state index in [9.17, 15) is 27.9 Å². The molecule has 2 aliphatic heterocycles. The molecule has 222 valence electrons. The predicted octanol–water partition coefficient (Wildman–Crippen LogP) is 5.06. The van der Waals surface area contributed by atoms with Crippen molar-refractivity contribution in [2.45, 2.75) is 49.8 Å². The molecule has 3 aromatic rings. The molecule has 0 aromatic heterocycles. The van der Waals surface area contributed by atoms with E-state index in [4.69, 9.17) is 14.2 Å². The maximum atomic E-state index is 12.8. The van der Waals surface area contributed by atoms with E-state index in [1.807, 2.05) is 24.3 Å². The highest BCUT2D eigenvalue weighted by Gasteiger charge is 2.46. The zero-order chi connectivity index (χ0) is 29.9. The van der Waals surface area contributed by atoms with Crippen molar-refractivity contribution in [1.82, 2.24) is 5.32 Å². The summed E-state index contributed by atoms with van der Waals surface area (Å²) in [6.07, 6.45) is -5.52. The molecule has 3 aromatic carbocycles. The van der Waals surface area contributed by atoms with Gasteiger partial charge in [0.25, 0.3) is 0 Å². The largest absolute Gasteiger partial charge is 0.496 e. The number of aliphatic hydroxyl groups excluding tert-OH is 1. The van der Waals surface area contributed by atoms with Crippen molar-refractivity contribution in [1.29, 1.82) is 0 Å². The zero-order valence-corrected chi connectivity index (χ0v) is 22.6. The van der Waals surface area contributed by atoms with Crippen molar-refractivity contribution in [3.05, 3.63) is 83.4 Å². The molecule has 4 N–H and O–H groups in total. The van der Waals surface area contributed by atoms with Crippen molar-refractivity contribution in [3.63, 3.8) is 0 Å². The van der Waals surface area contributed by atoms with E-state index in [1.165, 1.54) is 12.1 Å². The summed E-state index contributed by atoms with van der Waals surface area (Å²) < 4.78 is 55.8. The molecule has 0 spiro atoms. The molecule has 9 nitrogen and oxygen atoms in total.